The van der Waals surface area contributed by atoms with Gasteiger partial charge in [0.05, 0.1) is 12.2 Å². The number of rotatable bonds is 2. The van der Waals surface area contributed by atoms with E-state index >= 15 is 0 Å². The molecule has 0 aromatic carbocycles. The van der Waals surface area contributed by atoms with E-state index in [-0.39, 0.29) is 18.1 Å². The van der Waals surface area contributed by atoms with Crippen molar-refractivity contribution in [1.82, 2.24) is 0 Å². The van der Waals surface area contributed by atoms with Gasteiger partial charge >= 0.3 is 0 Å². The average Bonchev–Trinajstić information content (AvgIpc) is 2.03. The molecule has 12 heavy (non-hydrogen) atoms. The summed E-state index contributed by atoms with van der Waals surface area (Å²) in [6.45, 7) is 3.94. The molecule has 1 rings (SSSR count). The van der Waals surface area contributed by atoms with Gasteiger partial charge in [0.1, 0.15) is 0 Å². The zero-order valence-corrected chi connectivity index (χ0v) is 8.03. The summed E-state index contributed by atoms with van der Waals surface area (Å²) in [6.07, 6.45) is 3.57. The van der Waals surface area contributed by atoms with Crippen LogP contribution >= 0.6 is 0 Å². The van der Waals surface area contributed by atoms with Crippen molar-refractivity contribution in [1.29, 1.82) is 0 Å². The Hall–Kier alpha value is -0.0800. The normalized spacial score (nSPS) is 39.5. The van der Waals surface area contributed by atoms with E-state index in [2.05, 4.69) is 6.92 Å². The molecule has 1 fully saturated rings. The maximum Gasteiger partial charge on any atom is 0.0595 e. The van der Waals surface area contributed by atoms with E-state index in [9.17, 15) is 10.2 Å². The minimum absolute atomic E-state index is 0.118. The molecule has 2 N–H and O–H groups in total. The molecule has 1 aliphatic carbocycles. The first-order chi connectivity index (χ1) is 5.65. The van der Waals surface area contributed by atoms with Crippen LogP contribution in [0.4, 0.5) is 0 Å². The summed E-state index contributed by atoms with van der Waals surface area (Å²) in [7, 11) is 0. The van der Waals surface area contributed by atoms with Gasteiger partial charge in [-0.05, 0) is 32.1 Å². The van der Waals surface area contributed by atoms with Gasteiger partial charge < -0.3 is 10.2 Å². The van der Waals surface area contributed by atoms with Gasteiger partial charge in [0, 0.05) is 5.92 Å². The first kappa shape index (κ1) is 10.0. The van der Waals surface area contributed by atoms with Crippen molar-refractivity contribution < 1.29 is 10.2 Å². The van der Waals surface area contributed by atoms with Crippen LogP contribution < -0.4 is 0 Å². The highest BCUT2D eigenvalue weighted by molar-refractivity contribution is 4.81. The molecule has 2 nitrogen and oxygen atoms in total. The summed E-state index contributed by atoms with van der Waals surface area (Å²) in [5.41, 5.74) is 0. The maximum atomic E-state index is 9.68. The first-order valence-corrected chi connectivity index (χ1v) is 5.01. The predicted molar refractivity (Wildman–Crippen MR) is 48.8 cm³/mol. The van der Waals surface area contributed by atoms with Crippen LogP contribution in [-0.4, -0.2) is 22.4 Å². The number of hydrogen-bond donors (Lipinski definition) is 2. The molecule has 4 atom stereocenters. The van der Waals surface area contributed by atoms with Crippen LogP contribution in [0.15, 0.2) is 0 Å². The standard InChI is InChI=1S/C10H20O2/c1-3-8-4-5-9(7(2)11)10(12)6-8/h7-12H,3-6H2,1-2H3. The minimum Gasteiger partial charge on any atom is -0.393 e. The van der Waals surface area contributed by atoms with Gasteiger partial charge in [0.15, 0.2) is 0 Å². The summed E-state index contributed by atoms with van der Waals surface area (Å²) < 4.78 is 0. The number of aliphatic hydroxyl groups is 2. The van der Waals surface area contributed by atoms with Crippen molar-refractivity contribution in [3.63, 3.8) is 0 Å². The highest BCUT2D eigenvalue weighted by Crippen LogP contribution is 2.32. The third-order valence-electron chi connectivity index (χ3n) is 3.17. The molecule has 0 aromatic rings. The fourth-order valence-corrected chi connectivity index (χ4v) is 2.19. The highest BCUT2D eigenvalue weighted by atomic mass is 16.3. The lowest BCUT2D eigenvalue weighted by Crippen LogP contribution is -2.35. The van der Waals surface area contributed by atoms with Gasteiger partial charge in [-0.15, -0.1) is 0 Å². The smallest absolute Gasteiger partial charge is 0.0595 e. The highest BCUT2D eigenvalue weighted by Gasteiger charge is 2.30. The molecule has 4 unspecified atom stereocenters. The van der Waals surface area contributed by atoms with E-state index in [1.807, 2.05) is 0 Å². The Labute approximate surface area is 74.6 Å². The van der Waals surface area contributed by atoms with Gasteiger partial charge in [-0.2, -0.15) is 0 Å². The molecular weight excluding hydrogens is 152 g/mol. The first-order valence-electron chi connectivity index (χ1n) is 5.01. The Morgan fingerprint density at radius 1 is 1.42 bits per heavy atom. The molecule has 0 aliphatic heterocycles. The zero-order valence-electron chi connectivity index (χ0n) is 8.03. The van der Waals surface area contributed by atoms with E-state index < -0.39 is 0 Å². The molecule has 72 valence electrons. The second-order valence-corrected chi connectivity index (χ2v) is 4.06. The van der Waals surface area contributed by atoms with Gasteiger partial charge in [0.25, 0.3) is 0 Å². The van der Waals surface area contributed by atoms with Crippen molar-refractivity contribution in [3.05, 3.63) is 0 Å². The molecule has 0 spiro atoms. The fraction of sp³-hybridized carbons (Fsp3) is 1.00. The molecule has 2 heteroatoms. The Kier molecular flexibility index (Phi) is 3.53. The largest absolute Gasteiger partial charge is 0.393 e. The monoisotopic (exact) mass is 172 g/mol. The molecule has 0 aromatic heterocycles. The summed E-state index contributed by atoms with van der Waals surface area (Å²) in [6, 6.07) is 0. The van der Waals surface area contributed by atoms with Crippen molar-refractivity contribution in [2.75, 3.05) is 0 Å². The summed E-state index contributed by atoms with van der Waals surface area (Å²) in [5.74, 6) is 0.794. The van der Waals surface area contributed by atoms with Crippen LogP contribution in [0.2, 0.25) is 0 Å². The Morgan fingerprint density at radius 3 is 2.50 bits per heavy atom. The molecule has 1 saturated carbocycles. The van der Waals surface area contributed by atoms with Crippen LogP contribution in [0.5, 0.6) is 0 Å². The summed E-state index contributed by atoms with van der Waals surface area (Å²) >= 11 is 0. The second-order valence-electron chi connectivity index (χ2n) is 4.06. The van der Waals surface area contributed by atoms with Gasteiger partial charge in [0.2, 0.25) is 0 Å². The Bertz CT molecular complexity index is 134. The van der Waals surface area contributed by atoms with Crippen LogP contribution in [0, 0.1) is 11.8 Å². The van der Waals surface area contributed by atoms with Gasteiger partial charge in [-0.1, -0.05) is 13.3 Å². The lowest BCUT2D eigenvalue weighted by molar-refractivity contribution is -0.0198. The van der Waals surface area contributed by atoms with E-state index in [1.54, 1.807) is 6.92 Å². The van der Waals surface area contributed by atoms with Crippen LogP contribution in [0.3, 0.4) is 0 Å². The van der Waals surface area contributed by atoms with Crippen LogP contribution in [0.1, 0.15) is 39.5 Å². The molecule has 0 amide bonds. The van der Waals surface area contributed by atoms with Crippen molar-refractivity contribution in [2.45, 2.75) is 51.7 Å². The third-order valence-corrected chi connectivity index (χ3v) is 3.17. The van der Waals surface area contributed by atoms with Crippen LogP contribution in [0.25, 0.3) is 0 Å². The Morgan fingerprint density at radius 2 is 2.08 bits per heavy atom. The van der Waals surface area contributed by atoms with Gasteiger partial charge in [-0.25, -0.2) is 0 Å². The van der Waals surface area contributed by atoms with E-state index in [4.69, 9.17) is 0 Å². The molecule has 1 aliphatic rings. The second kappa shape index (κ2) is 4.24. The lowest BCUT2D eigenvalue weighted by atomic mass is 9.77. The molecule has 0 heterocycles. The van der Waals surface area contributed by atoms with E-state index in [0.717, 1.165) is 19.3 Å². The molecule has 0 bridgehead atoms. The quantitative estimate of drug-likeness (QED) is 0.663. The zero-order chi connectivity index (χ0) is 9.14. The number of aliphatic hydroxyl groups excluding tert-OH is 2. The summed E-state index contributed by atoms with van der Waals surface area (Å²) in [4.78, 5) is 0. The van der Waals surface area contributed by atoms with Crippen molar-refractivity contribution in [3.8, 4) is 0 Å². The van der Waals surface area contributed by atoms with Crippen LogP contribution in [-0.2, 0) is 0 Å². The predicted octanol–water partition coefficient (Wildman–Crippen LogP) is 1.55. The molecular formula is C10H20O2. The fourth-order valence-electron chi connectivity index (χ4n) is 2.19. The average molecular weight is 172 g/mol. The van der Waals surface area contributed by atoms with E-state index in [1.165, 1.54) is 6.42 Å². The van der Waals surface area contributed by atoms with Crippen molar-refractivity contribution >= 4 is 0 Å². The molecule has 0 radical (unpaired) electrons. The molecule has 0 saturated heterocycles. The maximum absolute atomic E-state index is 9.68. The SMILES string of the molecule is CCC1CCC(C(C)O)C(O)C1. The van der Waals surface area contributed by atoms with Crippen molar-refractivity contribution in [2.24, 2.45) is 11.8 Å². The number of hydrogen-bond acceptors (Lipinski definition) is 2. The lowest BCUT2D eigenvalue weighted by Gasteiger charge is -2.34. The summed E-state index contributed by atoms with van der Waals surface area (Å²) in [5, 5.41) is 19.0. The van der Waals surface area contributed by atoms with Gasteiger partial charge in [-0.3, -0.25) is 0 Å². The minimum atomic E-state index is -0.349. The van der Waals surface area contributed by atoms with E-state index in [0.29, 0.717) is 5.92 Å². The Balaban J connectivity index is 2.42. The third kappa shape index (κ3) is 2.20. The topological polar surface area (TPSA) is 40.5 Å².